The van der Waals surface area contributed by atoms with Gasteiger partial charge < -0.3 is 14.9 Å². The molecule has 76 valence electrons. The molecule has 5 nitrogen and oxygen atoms in total. The number of β-amino-alcohol motifs (C(OH)–C–C–N with tert-alkyl or cyclic N) is 1. The number of likely N-dealkylation sites (N-methyl/N-ethyl adjacent to an activating group) is 1. The van der Waals surface area contributed by atoms with E-state index in [-0.39, 0.29) is 19.0 Å². The highest BCUT2D eigenvalue weighted by molar-refractivity contribution is 5.76. The van der Waals surface area contributed by atoms with Gasteiger partial charge >= 0.3 is 5.97 Å². The fourth-order valence-corrected chi connectivity index (χ4v) is 1.67. The van der Waals surface area contributed by atoms with E-state index in [2.05, 4.69) is 4.74 Å². The van der Waals surface area contributed by atoms with E-state index in [1.807, 2.05) is 0 Å². The fraction of sp³-hybridized carbons (Fsp3) is 0.875. The predicted octanol–water partition coefficient (Wildman–Crippen LogP) is -1.41. The lowest BCUT2D eigenvalue weighted by atomic mass is 10.0. The molecule has 1 aliphatic heterocycles. The number of carbonyl (C=O) groups is 1. The van der Waals surface area contributed by atoms with E-state index in [0.717, 1.165) is 0 Å². The van der Waals surface area contributed by atoms with Gasteiger partial charge in [-0.15, -0.1) is 0 Å². The first kappa shape index (κ1) is 10.4. The maximum Gasteiger partial charge on any atom is 0.323 e. The zero-order valence-electron chi connectivity index (χ0n) is 7.86. The van der Waals surface area contributed by atoms with Crippen molar-refractivity contribution in [2.24, 2.45) is 0 Å². The number of hydrogen-bond donors (Lipinski definition) is 2. The van der Waals surface area contributed by atoms with Crippen molar-refractivity contribution >= 4 is 5.97 Å². The number of likely N-dealkylation sites (tertiary alicyclic amines) is 1. The molecule has 2 atom stereocenters. The van der Waals surface area contributed by atoms with Gasteiger partial charge in [0.15, 0.2) is 0 Å². The molecule has 0 spiro atoms. The Morgan fingerprint density at radius 2 is 2.38 bits per heavy atom. The number of esters is 1. The van der Waals surface area contributed by atoms with Gasteiger partial charge in [-0.3, -0.25) is 9.69 Å². The number of aliphatic hydroxyl groups is 2. The van der Waals surface area contributed by atoms with Gasteiger partial charge in [0.25, 0.3) is 0 Å². The van der Waals surface area contributed by atoms with Crippen LogP contribution in [0.25, 0.3) is 0 Å². The number of aliphatic hydroxyl groups excluding tert-OH is 1. The third-order valence-corrected chi connectivity index (χ3v) is 2.42. The van der Waals surface area contributed by atoms with Gasteiger partial charge in [0.05, 0.1) is 13.7 Å². The minimum absolute atomic E-state index is 0.229. The molecule has 0 saturated carbocycles. The van der Waals surface area contributed by atoms with Crippen molar-refractivity contribution < 1.29 is 19.7 Å². The van der Waals surface area contributed by atoms with Crippen LogP contribution in [0.2, 0.25) is 0 Å². The Kier molecular flexibility index (Phi) is 2.90. The third kappa shape index (κ3) is 1.99. The molecule has 0 amide bonds. The zero-order chi connectivity index (χ0) is 10.1. The summed E-state index contributed by atoms with van der Waals surface area (Å²) in [5.74, 6) is -0.369. The Hall–Kier alpha value is -0.650. The molecule has 1 rings (SSSR count). The number of hydrogen-bond acceptors (Lipinski definition) is 5. The van der Waals surface area contributed by atoms with Crippen molar-refractivity contribution in [3.8, 4) is 0 Å². The van der Waals surface area contributed by atoms with Gasteiger partial charge in [-0.05, 0) is 7.05 Å². The summed E-state index contributed by atoms with van der Waals surface area (Å²) in [5.41, 5.74) is -1.16. The van der Waals surface area contributed by atoms with Crippen LogP contribution < -0.4 is 0 Å². The average Bonchev–Trinajstić information content (AvgIpc) is 2.42. The molecule has 0 aromatic carbocycles. The van der Waals surface area contributed by atoms with Crippen LogP contribution in [0.3, 0.4) is 0 Å². The van der Waals surface area contributed by atoms with Gasteiger partial charge in [0.2, 0.25) is 0 Å². The van der Waals surface area contributed by atoms with E-state index in [4.69, 9.17) is 5.11 Å². The van der Waals surface area contributed by atoms with E-state index < -0.39 is 11.6 Å². The summed E-state index contributed by atoms with van der Waals surface area (Å²) in [6.45, 7) is -0.0336. The summed E-state index contributed by atoms with van der Waals surface area (Å²) in [7, 11) is 3.03. The summed E-state index contributed by atoms with van der Waals surface area (Å²) in [6.07, 6.45) is 0.229. The second-order valence-corrected chi connectivity index (χ2v) is 3.54. The zero-order valence-corrected chi connectivity index (χ0v) is 7.86. The van der Waals surface area contributed by atoms with E-state index in [0.29, 0.717) is 6.54 Å². The summed E-state index contributed by atoms with van der Waals surface area (Å²) < 4.78 is 4.57. The number of methoxy groups -OCH3 is 1. The van der Waals surface area contributed by atoms with Crippen LogP contribution in [-0.4, -0.2) is 60.0 Å². The quantitative estimate of drug-likeness (QED) is 0.522. The third-order valence-electron chi connectivity index (χ3n) is 2.42. The number of carbonyl (C=O) groups excluding carboxylic acids is 1. The largest absolute Gasteiger partial charge is 0.468 e. The van der Waals surface area contributed by atoms with Crippen molar-refractivity contribution in [2.75, 3.05) is 27.3 Å². The summed E-state index contributed by atoms with van der Waals surface area (Å²) >= 11 is 0. The van der Waals surface area contributed by atoms with Crippen LogP contribution in [0.1, 0.15) is 6.42 Å². The molecular formula is C8H15NO4. The summed E-state index contributed by atoms with van der Waals surface area (Å²) in [5, 5.41) is 18.6. The number of nitrogens with zero attached hydrogens (tertiary/aromatic N) is 1. The van der Waals surface area contributed by atoms with Crippen molar-refractivity contribution in [1.29, 1.82) is 0 Å². The lowest BCUT2D eigenvalue weighted by molar-refractivity contribution is -0.145. The van der Waals surface area contributed by atoms with E-state index in [1.54, 1.807) is 11.9 Å². The van der Waals surface area contributed by atoms with Gasteiger partial charge in [0, 0.05) is 13.0 Å². The molecular weight excluding hydrogens is 174 g/mol. The van der Waals surface area contributed by atoms with Crippen molar-refractivity contribution in [2.45, 2.75) is 18.1 Å². The smallest absolute Gasteiger partial charge is 0.323 e. The van der Waals surface area contributed by atoms with Gasteiger partial charge in [-0.2, -0.15) is 0 Å². The molecule has 2 N–H and O–H groups in total. The molecule has 0 bridgehead atoms. The van der Waals surface area contributed by atoms with E-state index in [9.17, 15) is 9.90 Å². The Bertz CT molecular complexity index is 208. The molecule has 1 fully saturated rings. The lowest BCUT2D eigenvalue weighted by Gasteiger charge is -2.17. The fourth-order valence-electron chi connectivity index (χ4n) is 1.67. The van der Waals surface area contributed by atoms with Crippen LogP contribution in [0.5, 0.6) is 0 Å². The molecule has 0 radical (unpaired) electrons. The molecule has 1 aliphatic rings. The van der Waals surface area contributed by atoms with Crippen molar-refractivity contribution in [1.82, 2.24) is 4.90 Å². The lowest BCUT2D eigenvalue weighted by Crippen LogP contribution is -2.35. The normalized spacial score (nSPS) is 34.9. The second kappa shape index (κ2) is 3.61. The number of ether oxygens (including phenoxy) is 1. The van der Waals surface area contributed by atoms with Gasteiger partial charge in [-0.1, -0.05) is 0 Å². The second-order valence-electron chi connectivity index (χ2n) is 3.54. The van der Waals surface area contributed by atoms with Gasteiger partial charge in [-0.25, -0.2) is 0 Å². The first-order valence-corrected chi connectivity index (χ1v) is 4.14. The molecule has 5 heteroatoms. The maximum absolute atomic E-state index is 11.2. The van der Waals surface area contributed by atoms with E-state index >= 15 is 0 Å². The number of rotatable bonds is 2. The molecule has 0 aliphatic carbocycles. The molecule has 0 aromatic rings. The van der Waals surface area contributed by atoms with E-state index in [1.165, 1.54) is 7.11 Å². The first-order valence-electron chi connectivity index (χ1n) is 4.14. The Labute approximate surface area is 76.9 Å². The molecule has 0 unspecified atom stereocenters. The SMILES string of the molecule is COC(=O)[C@@H]1C[C@](O)(CO)CN1C. The molecule has 1 saturated heterocycles. The van der Waals surface area contributed by atoms with Crippen LogP contribution in [0, 0.1) is 0 Å². The van der Waals surface area contributed by atoms with Crippen LogP contribution in [0.4, 0.5) is 0 Å². The Morgan fingerprint density at radius 3 is 2.77 bits per heavy atom. The van der Waals surface area contributed by atoms with Crippen LogP contribution in [0.15, 0.2) is 0 Å². The highest BCUT2D eigenvalue weighted by Gasteiger charge is 2.44. The molecule has 13 heavy (non-hydrogen) atoms. The van der Waals surface area contributed by atoms with Crippen LogP contribution in [-0.2, 0) is 9.53 Å². The first-order chi connectivity index (χ1) is 6.02. The summed E-state index contributed by atoms with van der Waals surface area (Å²) in [4.78, 5) is 12.9. The topological polar surface area (TPSA) is 70.0 Å². The molecule has 0 aromatic heterocycles. The van der Waals surface area contributed by atoms with Crippen LogP contribution >= 0.6 is 0 Å². The van der Waals surface area contributed by atoms with Gasteiger partial charge in [0.1, 0.15) is 11.6 Å². The average molecular weight is 189 g/mol. The monoisotopic (exact) mass is 189 g/mol. The molecule has 1 heterocycles. The van der Waals surface area contributed by atoms with Crippen molar-refractivity contribution in [3.63, 3.8) is 0 Å². The predicted molar refractivity (Wildman–Crippen MR) is 45.1 cm³/mol. The standard InChI is InChI=1S/C8H15NO4/c1-9-4-8(12,5-10)3-6(9)7(11)13-2/h6,10,12H,3-5H2,1-2H3/t6-,8+/m0/s1. The summed E-state index contributed by atoms with van der Waals surface area (Å²) in [6, 6.07) is -0.442. The Balaban J connectivity index is 2.66. The minimum atomic E-state index is -1.16. The maximum atomic E-state index is 11.2. The van der Waals surface area contributed by atoms with Crippen molar-refractivity contribution in [3.05, 3.63) is 0 Å². The Morgan fingerprint density at radius 1 is 1.77 bits per heavy atom. The highest BCUT2D eigenvalue weighted by Crippen LogP contribution is 2.25. The highest BCUT2D eigenvalue weighted by atomic mass is 16.5. The minimum Gasteiger partial charge on any atom is -0.468 e.